The Kier molecular flexibility index (Phi) is 3.44. The number of rotatable bonds is 4. The van der Waals surface area contributed by atoms with Crippen molar-refractivity contribution in [1.29, 1.82) is 0 Å². The molecule has 1 aliphatic carbocycles. The van der Waals surface area contributed by atoms with Gasteiger partial charge in [0.1, 0.15) is 11.6 Å². The first-order chi connectivity index (χ1) is 10.8. The molecule has 22 heavy (non-hydrogen) atoms. The van der Waals surface area contributed by atoms with Crippen LogP contribution in [0.2, 0.25) is 0 Å². The summed E-state index contributed by atoms with van der Waals surface area (Å²) in [5.41, 5.74) is 5.79. The third-order valence-electron chi connectivity index (χ3n) is 4.63. The zero-order valence-corrected chi connectivity index (χ0v) is 12.7. The van der Waals surface area contributed by atoms with E-state index in [1.54, 1.807) is 12.3 Å². The average Bonchev–Trinajstić information content (AvgIpc) is 3.23. The van der Waals surface area contributed by atoms with Gasteiger partial charge >= 0.3 is 0 Å². The molecule has 0 radical (unpaired) electrons. The lowest BCUT2D eigenvalue weighted by atomic mass is 9.97. The molecule has 1 unspecified atom stereocenters. The van der Waals surface area contributed by atoms with Crippen molar-refractivity contribution in [3.05, 3.63) is 30.5 Å². The first kappa shape index (κ1) is 13.5. The maximum Gasteiger partial charge on any atom is 0.227 e. The summed E-state index contributed by atoms with van der Waals surface area (Å²) in [7, 11) is 0. The van der Waals surface area contributed by atoms with Crippen molar-refractivity contribution in [3.63, 3.8) is 0 Å². The van der Waals surface area contributed by atoms with Crippen molar-refractivity contribution >= 4 is 11.8 Å². The van der Waals surface area contributed by atoms with Crippen LogP contribution in [0.25, 0.3) is 0 Å². The molecule has 3 heterocycles. The van der Waals surface area contributed by atoms with Crippen LogP contribution in [0.3, 0.4) is 0 Å². The molecule has 116 valence electrons. The molecule has 0 amide bonds. The molecule has 6 nitrogen and oxygen atoms in total. The fourth-order valence-corrected chi connectivity index (χ4v) is 3.30. The third kappa shape index (κ3) is 2.77. The van der Waals surface area contributed by atoms with E-state index in [0.717, 1.165) is 37.9 Å². The standard InChI is InChI=1S/C16H22N6/c17-14-5-6-19-16(20-14)22-8-1-2-13(11-22)15-18-7-9-21(15)10-12-3-4-12/h5-7,9,12-13H,1-4,8,10-11H2,(H2,17,19,20). The molecule has 2 aliphatic rings. The van der Waals surface area contributed by atoms with Crippen LogP contribution in [0.4, 0.5) is 11.8 Å². The second kappa shape index (κ2) is 5.59. The van der Waals surface area contributed by atoms with Crippen molar-refractivity contribution in [2.24, 2.45) is 5.92 Å². The van der Waals surface area contributed by atoms with Crippen molar-refractivity contribution in [3.8, 4) is 0 Å². The Labute approximate surface area is 130 Å². The molecule has 1 aliphatic heterocycles. The Bertz CT molecular complexity index is 648. The summed E-state index contributed by atoms with van der Waals surface area (Å²) in [5.74, 6) is 3.81. The van der Waals surface area contributed by atoms with Gasteiger partial charge in [0.2, 0.25) is 5.95 Å². The van der Waals surface area contributed by atoms with Gasteiger partial charge in [-0.15, -0.1) is 0 Å². The molecule has 1 atom stereocenters. The van der Waals surface area contributed by atoms with Crippen molar-refractivity contribution in [2.45, 2.75) is 38.1 Å². The molecule has 0 spiro atoms. The van der Waals surface area contributed by atoms with Gasteiger partial charge in [0, 0.05) is 44.1 Å². The van der Waals surface area contributed by atoms with Crippen molar-refractivity contribution < 1.29 is 0 Å². The van der Waals surface area contributed by atoms with Gasteiger partial charge in [-0.25, -0.2) is 9.97 Å². The molecule has 2 fully saturated rings. The highest BCUT2D eigenvalue weighted by molar-refractivity contribution is 5.38. The molecule has 4 rings (SSSR count). The van der Waals surface area contributed by atoms with Gasteiger partial charge < -0.3 is 15.2 Å². The second-order valence-corrected chi connectivity index (χ2v) is 6.45. The van der Waals surface area contributed by atoms with Gasteiger partial charge in [-0.2, -0.15) is 4.98 Å². The van der Waals surface area contributed by atoms with E-state index in [0.29, 0.717) is 11.7 Å². The lowest BCUT2D eigenvalue weighted by Gasteiger charge is -2.32. The van der Waals surface area contributed by atoms with Crippen molar-refractivity contribution in [1.82, 2.24) is 19.5 Å². The number of nitrogens with zero attached hydrogens (tertiary/aromatic N) is 5. The summed E-state index contributed by atoms with van der Waals surface area (Å²) in [6, 6.07) is 1.73. The van der Waals surface area contributed by atoms with Crippen LogP contribution < -0.4 is 10.6 Å². The third-order valence-corrected chi connectivity index (χ3v) is 4.63. The SMILES string of the molecule is Nc1ccnc(N2CCCC(c3nccn3CC3CC3)C2)n1. The predicted molar refractivity (Wildman–Crippen MR) is 85.6 cm³/mol. The molecular formula is C16H22N6. The summed E-state index contributed by atoms with van der Waals surface area (Å²) >= 11 is 0. The maximum absolute atomic E-state index is 5.79. The number of nitrogens with two attached hydrogens (primary N) is 1. The Hall–Kier alpha value is -2.11. The molecule has 2 aromatic heterocycles. The minimum atomic E-state index is 0.451. The fourth-order valence-electron chi connectivity index (χ4n) is 3.30. The quantitative estimate of drug-likeness (QED) is 0.935. The molecule has 2 aromatic rings. The van der Waals surface area contributed by atoms with E-state index in [-0.39, 0.29) is 0 Å². The zero-order chi connectivity index (χ0) is 14.9. The number of aromatic nitrogens is 4. The topological polar surface area (TPSA) is 72.9 Å². The predicted octanol–water partition coefficient (Wildman–Crippen LogP) is 2.05. The molecular weight excluding hydrogens is 276 g/mol. The van der Waals surface area contributed by atoms with E-state index in [2.05, 4.69) is 30.6 Å². The molecule has 0 aromatic carbocycles. The number of piperidine rings is 1. The van der Waals surface area contributed by atoms with Crippen LogP contribution in [0.1, 0.15) is 37.4 Å². The number of imidazole rings is 1. The first-order valence-corrected chi connectivity index (χ1v) is 8.14. The van der Waals surface area contributed by atoms with Crippen LogP contribution in [-0.2, 0) is 6.54 Å². The van der Waals surface area contributed by atoms with E-state index in [1.165, 1.54) is 25.1 Å². The summed E-state index contributed by atoms with van der Waals surface area (Å²) in [5, 5.41) is 0. The highest BCUT2D eigenvalue weighted by Crippen LogP contribution is 2.33. The van der Waals surface area contributed by atoms with Crippen LogP contribution >= 0.6 is 0 Å². The number of hydrogen-bond donors (Lipinski definition) is 1. The van der Waals surface area contributed by atoms with Crippen LogP contribution in [0.5, 0.6) is 0 Å². The minimum Gasteiger partial charge on any atom is -0.384 e. The maximum atomic E-state index is 5.79. The second-order valence-electron chi connectivity index (χ2n) is 6.45. The summed E-state index contributed by atoms with van der Waals surface area (Å²) in [6.07, 6.45) is 10.9. The van der Waals surface area contributed by atoms with E-state index in [9.17, 15) is 0 Å². The zero-order valence-electron chi connectivity index (χ0n) is 12.7. The summed E-state index contributed by atoms with van der Waals surface area (Å²) in [4.78, 5) is 15.6. The number of hydrogen-bond acceptors (Lipinski definition) is 5. The van der Waals surface area contributed by atoms with Gasteiger partial charge in [0.15, 0.2) is 0 Å². The molecule has 6 heteroatoms. The smallest absolute Gasteiger partial charge is 0.227 e. The Balaban J connectivity index is 1.52. The Morgan fingerprint density at radius 1 is 1.18 bits per heavy atom. The lowest BCUT2D eigenvalue weighted by Crippen LogP contribution is -2.36. The molecule has 2 N–H and O–H groups in total. The van der Waals surface area contributed by atoms with Crippen LogP contribution in [0.15, 0.2) is 24.7 Å². The van der Waals surface area contributed by atoms with Gasteiger partial charge in [-0.05, 0) is 37.7 Å². The van der Waals surface area contributed by atoms with Gasteiger partial charge in [-0.1, -0.05) is 0 Å². The minimum absolute atomic E-state index is 0.451. The molecule has 1 saturated carbocycles. The van der Waals surface area contributed by atoms with E-state index in [4.69, 9.17) is 5.73 Å². The number of anilines is 2. The monoisotopic (exact) mass is 298 g/mol. The fraction of sp³-hybridized carbons (Fsp3) is 0.562. The van der Waals surface area contributed by atoms with Gasteiger partial charge in [0.25, 0.3) is 0 Å². The van der Waals surface area contributed by atoms with E-state index < -0.39 is 0 Å². The average molecular weight is 298 g/mol. The van der Waals surface area contributed by atoms with Crippen LogP contribution in [-0.4, -0.2) is 32.6 Å². The van der Waals surface area contributed by atoms with E-state index >= 15 is 0 Å². The van der Waals surface area contributed by atoms with Crippen molar-refractivity contribution in [2.75, 3.05) is 23.7 Å². The normalized spacial score (nSPS) is 22.0. The van der Waals surface area contributed by atoms with Crippen LogP contribution in [0, 0.1) is 5.92 Å². The van der Waals surface area contributed by atoms with Gasteiger partial charge in [0.05, 0.1) is 0 Å². The largest absolute Gasteiger partial charge is 0.384 e. The highest BCUT2D eigenvalue weighted by atomic mass is 15.3. The summed E-state index contributed by atoms with van der Waals surface area (Å²) < 4.78 is 2.35. The Morgan fingerprint density at radius 2 is 2.09 bits per heavy atom. The number of nitrogen functional groups attached to an aromatic ring is 1. The molecule has 1 saturated heterocycles. The molecule has 0 bridgehead atoms. The Morgan fingerprint density at radius 3 is 2.91 bits per heavy atom. The van der Waals surface area contributed by atoms with E-state index in [1.807, 2.05) is 6.20 Å². The lowest BCUT2D eigenvalue weighted by molar-refractivity contribution is 0.459. The first-order valence-electron chi connectivity index (χ1n) is 8.14. The summed E-state index contributed by atoms with van der Waals surface area (Å²) in [6.45, 7) is 3.04. The highest BCUT2D eigenvalue weighted by Gasteiger charge is 2.28. The van der Waals surface area contributed by atoms with Gasteiger partial charge in [-0.3, -0.25) is 0 Å².